The topological polar surface area (TPSA) is 43.1 Å². The molecule has 2 aliphatic rings. The number of hydrogen-bond donors (Lipinski definition) is 1. The second-order valence-electron chi connectivity index (χ2n) is 5.46. The molecule has 19 heavy (non-hydrogen) atoms. The van der Waals surface area contributed by atoms with Gasteiger partial charge in [-0.15, -0.1) is 0 Å². The fourth-order valence-electron chi connectivity index (χ4n) is 3.49. The minimum Gasteiger partial charge on any atom is -0.369 e. The van der Waals surface area contributed by atoms with Crippen LogP contribution in [0.1, 0.15) is 42.9 Å². The highest BCUT2D eigenvalue weighted by molar-refractivity contribution is 5.96. The molecule has 0 fully saturated rings. The van der Waals surface area contributed by atoms with Crippen LogP contribution in [0.2, 0.25) is 0 Å². The number of nitrogens with two attached hydrogens (primary N) is 1. The summed E-state index contributed by atoms with van der Waals surface area (Å²) in [7, 11) is 0. The Hall–Kier alpha value is -1.83. The van der Waals surface area contributed by atoms with E-state index in [2.05, 4.69) is 38.1 Å². The molecule has 2 unspecified atom stereocenters. The maximum atomic E-state index is 11.6. The van der Waals surface area contributed by atoms with Gasteiger partial charge >= 0.3 is 0 Å². The lowest BCUT2D eigenvalue weighted by Gasteiger charge is -2.15. The number of carbonyl (C=O) groups is 1. The molecule has 0 spiro atoms. The number of rotatable bonds is 3. The van der Waals surface area contributed by atoms with E-state index >= 15 is 0 Å². The van der Waals surface area contributed by atoms with E-state index in [1.807, 2.05) is 6.08 Å². The fraction of sp³-hybridized carbons (Fsp3) is 0.353. The lowest BCUT2D eigenvalue weighted by molar-refractivity contribution is -0.119. The molecule has 2 N–H and O–H groups in total. The summed E-state index contributed by atoms with van der Waals surface area (Å²) in [5.74, 6) is -0.154. The van der Waals surface area contributed by atoms with E-state index in [0.29, 0.717) is 5.92 Å². The number of amides is 1. The Morgan fingerprint density at radius 1 is 1.37 bits per heavy atom. The van der Waals surface area contributed by atoms with Gasteiger partial charge in [0.05, 0.1) is 5.92 Å². The summed E-state index contributed by atoms with van der Waals surface area (Å²) in [4.78, 5) is 11.6. The van der Waals surface area contributed by atoms with E-state index in [-0.39, 0.29) is 11.8 Å². The van der Waals surface area contributed by atoms with Gasteiger partial charge in [0.1, 0.15) is 0 Å². The van der Waals surface area contributed by atoms with Crippen molar-refractivity contribution in [2.45, 2.75) is 32.6 Å². The van der Waals surface area contributed by atoms with Crippen LogP contribution in [0.25, 0.3) is 5.57 Å². The van der Waals surface area contributed by atoms with Crippen LogP contribution in [0.5, 0.6) is 0 Å². The molecule has 0 radical (unpaired) electrons. The van der Waals surface area contributed by atoms with Gasteiger partial charge in [0, 0.05) is 5.92 Å². The predicted molar refractivity (Wildman–Crippen MR) is 77.6 cm³/mol. The van der Waals surface area contributed by atoms with Crippen LogP contribution in [-0.2, 0) is 11.2 Å². The summed E-state index contributed by atoms with van der Waals surface area (Å²) in [5, 5.41) is 0. The molecule has 3 rings (SSSR count). The third-order valence-electron chi connectivity index (χ3n) is 4.31. The highest BCUT2D eigenvalue weighted by Gasteiger charge is 2.37. The van der Waals surface area contributed by atoms with Crippen LogP contribution in [-0.4, -0.2) is 5.91 Å². The number of fused-ring (bicyclic) bond motifs is 2. The van der Waals surface area contributed by atoms with Gasteiger partial charge in [0.2, 0.25) is 5.91 Å². The van der Waals surface area contributed by atoms with Gasteiger partial charge < -0.3 is 5.73 Å². The minimum absolute atomic E-state index is 0.216. The standard InChI is InChI=1S/C17H19NO/c1-3-5-11-6-4-7-12-10(2)15-13(16(11)12)8-9-14(15)17(18)19/h4,6-10,14H,3,5H2,1-2H3,(H2,18,19). The normalized spacial score (nSPS) is 23.7. The first kappa shape index (κ1) is 12.2. The van der Waals surface area contributed by atoms with Gasteiger partial charge in [-0.25, -0.2) is 0 Å². The van der Waals surface area contributed by atoms with Crippen molar-refractivity contribution in [3.63, 3.8) is 0 Å². The van der Waals surface area contributed by atoms with Crippen LogP contribution in [0.4, 0.5) is 0 Å². The first-order valence-corrected chi connectivity index (χ1v) is 6.98. The maximum Gasteiger partial charge on any atom is 0.228 e. The van der Waals surface area contributed by atoms with Gasteiger partial charge in [0.15, 0.2) is 0 Å². The molecular formula is C17H19NO. The van der Waals surface area contributed by atoms with Gasteiger partial charge in [-0.3, -0.25) is 4.79 Å². The lowest BCUT2D eigenvalue weighted by Crippen LogP contribution is -2.23. The second kappa shape index (κ2) is 4.37. The predicted octanol–water partition coefficient (Wildman–Crippen LogP) is 3.18. The molecule has 0 aromatic heterocycles. The molecule has 0 saturated heterocycles. The Bertz CT molecular complexity index is 610. The van der Waals surface area contributed by atoms with Crippen molar-refractivity contribution in [2.24, 2.45) is 11.7 Å². The third kappa shape index (κ3) is 1.66. The summed E-state index contributed by atoms with van der Waals surface area (Å²) in [6, 6.07) is 6.52. The number of allylic oxidation sites excluding steroid dienone is 2. The van der Waals surface area contributed by atoms with Crippen molar-refractivity contribution in [3.8, 4) is 0 Å². The smallest absolute Gasteiger partial charge is 0.228 e. The number of aryl methyl sites for hydroxylation is 1. The molecule has 0 aliphatic heterocycles. The number of primary amides is 1. The SMILES string of the molecule is CCCc1cccc2c1C1=C(C(C(N)=O)C=C1)C2C. The highest BCUT2D eigenvalue weighted by atomic mass is 16.1. The number of carbonyl (C=O) groups excluding carboxylic acids is 1. The molecule has 0 saturated carbocycles. The lowest BCUT2D eigenvalue weighted by atomic mass is 9.89. The quantitative estimate of drug-likeness (QED) is 0.883. The molecule has 2 nitrogen and oxygen atoms in total. The largest absolute Gasteiger partial charge is 0.369 e. The van der Waals surface area contributed by atoms with Crippen LogP contribution in [0, 0.1) is 5.92 Å². The van der Waals surface area contributed by atoms with E-state index < -0.39 is 0 Å². The highest BCUT2D eigenvalue weighted by Crippen LogP contribution is 2.50. The Morgan fingerprint density at radius 3 is 2.84 bits per heavy atom. The van der Waals surface area contributed by atoms with E-state index in [9.17, 15) is 4.79 Å². The summed E-state index contributed by atoms with van der Waals surface area (Å²) >= 11 is 0. The molecule has 0 heterocycles. The Morgan fingerprint density at radius 2 is 2.16 bits per heavy atom. The molecule has 2 atom stereocenters. The van der Waals surface area contributed by atoms with Gasteiger partial charge in [-0.2, -0.15) is 0 Å². The average molecular weight is 253 g/mol. The van der Waals surface area contributed by atoms with Gasteiger partial charge in [-0.05, 0) is 34.3 Å². The van der Waals surface area contributed by atoms with E-state index in [1.165, 1.54) is 27.8 Å². The van der Waals surface area contributed by atoms with Crippen molar-refractivity contribution >= 4 is 11.5 Å². The van der Waals surface area contributed by atoms with Crippen molar-refractivity contribution in [2.75, 3.05) is 0 Å². The molecular weight excluding hydrogens is 234 g/mol. The monoisotopic (exact) mass is 253 g/mol. The van der Waals surface area contributed by atoms with E-state index in [0.717, 1.165) is 12.8 Å². The summed E-state index contributed by atoms with van der Waals surface area (Å²) < 4.78 is 0. The molecule has 98 valence electrons. The first-order chi connectivity index (χ1) is 9.15. The molecule has 0 bridgehead atoms. The van der Waals surface area contributed by atoms with Crippen LogP contribution >= 0.6 is 0 Å². The average Bonchev–Trinajstić information content (AvgIpc) is 2.92. The summed E-state index contributed by atoms with van der Waals surface area (Å²) in [6.45, 7) is 4.38. The number of hydrogen-bond acceptors (Lipinski definition) is 1. The Kier molecular flexibility index (Phi) is 2.81. The second-order valence-corrected chi connectivity index (χ2v) is 5.46. The van der Waals surface area contributed by atoms with Crippen LogP contribution in [0.3, 0.4) is 0 Å². The molecule has 1 amide bonds. The minimum atomic E-state index is -0.238. The third-order valence-corrected chi connectivity index (χ3v) is 4.31. The summed E-state index contributed by atoms with van der Waals surface area (Å²) in [6.07, 6.45) is 6.26. The first-order valence-electron chi connectivity index (χ1n) is 6.98. The van der Waals surface area contributed by atoms with E-state index in [1.54, 1.807) is 0 Å². The molecule has 1 aromatic carbocycles. The fourth-order valence-corrected chi connectivity index (χ4v) is 3.49. The zero-order valence-electron chi connectivity index (χ0n) is 11.4. The maximum absolute atomic E-state index is 11.6. The molecule has 1 aromatic rings. The van der Waals surface area contributed by atoms with Gasteiger partial charge in [0.25, 0.3) is 0 Å². The zero-order valence-corrected chi connectivity index (χ0v) is 11.4. The molecule has 2 aliphatic carbocycles. The van der Waals surface area contributed by atoms with Crippen molar-refractivity contribution in [3.05, 3.63) is 52.6 Å². The van der Waals surface area contributed by atoms with Crippen molar-refractivity contribution in [1.82, 2.24) is 0 Å². The number of benzene rings is 1. The van der Waals surface area contributed by atoms with Crippen molar-refractivity contribution < 1.29 is 4.79 Å². The van der Waals surface area contributed by atoms with Crippen molar-refractivity contribution in [1.29, 1.82) is 0 Å². The Balaban J connectivity index is 2.16. The molecule has 2 heteroatoms. The van der Waals surface area contributed by atoms with Crippen LogP contribution < -0.4 is 5.73 Å². The van der Waals surface area contributed by atoms with Crippen LogP contribution in [0.15, 0.2) is 35.9 Å². The van der Waals surface area contributed by atoms with Gasteiger partial charge in [-0.1, -0.05) is 50.6 Å². The zero-order chi connectivity index (χ0) is 13.6. The summed E-state index contributed by atoms with van der Waals surface area (Å²) in [5.41, 5.74) is 12.1. The van der Waals surface area contributed by atoms with E-state index in [4.69, 9.17) is 5.73 Å². The Labute approximate surface area is 114 Å².